The molecule has 16 amide bonds. The maximum Gasteiger partial charge on any atom is 0.263 e. The quantitative estimate of drug-likeness (QED) is 0.0482. The highest BCUT2D eigenvalue weighted by Crippen LogP contribution is 2.80. The molecule has 18 atom stereocenters. The van der Waals surface area contributed by atoms with Crippen molar-refractivity contribution in [1.82, 2.24) is 78.4 Å². The fourth-order valence-electron chi connectivity index (χ4n) is 26.0. The lowest BCUT2D eigenvalue weighted by molar-refractivity contribution is -0.183. The number of piperazine rings is 8. The maximum atomic E-state index is 17.8. The number of allylic oxidation sites excluding steroid dienone is 2. The molecule has 40 nitrogen and oxygen atoms in total. The van der Waals surface area contributed by atoms with Gasteiger partial charge in [-0.2, -0.15) is 0 Å². The van der Waals surface area contributed by atoms with Crippen LogP contribution in [0.2, 0.25) is 0 Å². The lowest BCUT2D eigenvalue weighted by Gasteiger charge is -2.70. The Bertz CT molecular complexity index is 6120. The molecule has 0 aromatic heterocycles. The molecule has 0 saturated carbocycles. The second-order valence-electron chi connectivity index (χ2n) is 39.2. The third-order valence-electron chi connectivity index (χ3n) is 34.6. The molecule has 24 fully saturated rings. The second-order valence-corrected chi connectivity index (χ2v) is 60.2. The fourth-order valence-corrected chi connectivity index (χ4v) is 57.4. The third kappa shape index (κ3) is 10.6. The number of carbonyl (C=O) groups is 16. The van der Waals surface area contributed by atoms with Crippen LogP contribution in [-0.2, 0) is 87.5 Å². The molecule has 56 heteroatoms. The molecule has 30 rings (SSSR count). The summed E-state index contributed by atoms with van der Waals surface area (Å²) in [6.45, 7) is -7.52. The van der Waals surface area contributed by atoms with E-state index in [1.165, 1.54) is 132 Å². The Labute approximate surface area is 885 Å². The lowest BCUT2D eigenvalue weighted by Crippen LogP contribution is -2.87. The van der Waals surface area contributed by atoms with Gasteiger partial charge in [0.15, 0.2) is 39.0 Å². The van der Waals surface area contributed by atoms with Gasteiger partial charge < -0.3 is 119 Å². The van der Waals surface area contributed by atoms with Gasteiger partial charge in [0.05, 0.1) is 76.5 Å². The Kier molecular flexibility index (Phi) is 22.8. The molecule has 24 heterocycles. The van der Waals surface area contributed by atoms with Gasteiger partial charge >= 0.3 is 0 Å². The van der Waals surface area contributed by atoms with Crippen molar-refractivity contribution in [2.45, 2.75) is 113 Å². The number of benzene rings is 4. The van der Waals surface area contributed by atoms with Crippen LogP contribution in [0.1, 0.15) is 58.1 Å². The first-order chi connectivity index (χ1) is 68.0. The smallest absolute Gasteiger partial charge is 0.263 e. The molecule has 766 valence electrons. The number of amides is 16. The van der Waals surface area contributed by atoms with Crippen molar-refractivity contribution in [3.8, 4) is 0 Å². The third-order valence-corrected chi connectivity index (χ3v) is 64.3. The van der Waals surface area contributed by atoms with Gasteiger partial charge in [0, 0.05) is 124 Å². The zero-order valence-corrected chi connectivity index (χ0v) is 92.3. The molecule has 0 spiro atoms. The van der Waals surface area contributed by atoms with Crippen LogP contribution in [0, 0.1) is 11.8 Å². The number of likely N-dealkylation sites (N-methyl/N-ethyl adjacent to an activating group) is 16. The number of nitrogens with zero attached hydrogens (tertiary/aromatic N) is 16. The van der Waals surface area contributed by atoms with Gasteiger partial charge in [-0.1, -0.05) is 171 Å². The largest absolute Gasteiger partial charge is 0.392 e. The zero-order valence-electron chi connectivity index (χ0n) is 79.3. The summed E-state index contributed by atoms with van der Waals surface area (Å²) >= 11 is 0. The minimum atomic E-state index is -2.63. The number of aliphatic hydroxyl groups is 8. The predicted molar refractivity (Wildman–Crippen MR) is 557 cm³/mol. The van der Waals surface area contributed by atoms with E-state index in [9.17, 15) is 40.9 Å². The number of hydrogen-bond acceptors (Lipinski definition) is 40. The van der Waals surface area contributed by atoms with Crippen LogP contribution in [0.5, 0.6) is 0 Å². The SMILES string of the molecule is CN1C(=O)C2(C(c3ccc4c5c(cccc35)C=CC4(CCC3(C(C45SSC(CO)(C(=O)N4C)N(C)C5=O)C45SSC(CO)(C(=O)N4C)N(C)C5=O)C=Cc4cccc5c(C(C67SSC(CO)(C(=O)N6C)N(C)C7=O)C67SSC(CO)(C(=O)N6C)N(C)C7=O)ccc3c45)C(C34SSC(CO)(C(=O)N3C)N(C)C4=O)C34SSC(CO)(C(=O)N3C)N(C)C4=O)C34SSC(CO)(C(=O)N3C)N(C)C4=O)SSC1(CO)C(=O)N2C. The van der Waals surface area contributed by atoms with Crippen LogP contribution >= 0.6 is 173 Å². The van der Waals surface area contributed by atoms with Crippen molar-refractivity contribution in [2.24, 2.45) is 11.8 Å². The summed E-state index contributed by atoms with van der Waals surface area (Å²) < 4.78 is 0. The van der Waals surface area contributed by atoms with Crippen molar-refractivity contribution in [3.05, 3.63) is 106 Å². The highest BCUT2D eigenvalue weighted by Gasteiger charge is 2.88. The number of fused-ring (bicyclic) bond motifs is 24. The molecule has 144 heavy (non-hydrogen) atoms. The monoisotopic (exact) mass is 2270 g/mol. The Morgan fingerprint density at radius 1 is 0.222 bits per heavy atom. The van der Waals surface area contributed by atoms with E-state index >= 15 is 76.7 Å². The number of rotatable bonds is 23. The first kappa shape index (κ1) is 102. The number of aliphatic hydroxyl groups excluding tert-OH is 8. The second kappa shape index (κ2) is 32.2. The first-order valence-corrected chi connectivity index (χ1v) is 62.0. The molecule has 16 bridgehead atoms. The highest BCUT2D eigenvalue weighted by molar-refractivity contribution is 8.81. The minimum absolute atomic E-state index is 0.0732. The van der Waals surface area contributed by atoms with Crippen LogP contribution in [0.4, 0.5) is 0 Å². The van der Waals surface area contributed by atoms with Crippen LogP contribution < -0.4 is 0 Å². The maximum absolute atomic E-state index is 17.8. The van der Waals surface area contributed by atoms with Crippen LogP contribution in [0.3, 0.4) is 0 Å². The summed E-state index contributed by atoms with van der Waals surface area (Å²) in [6, 6.07) is 16.6. The van der Waals surface area contributed by atoms with Gasteiger partial charge in [0.1, 0.15) is 0 Å². The lowest BCUT2D eigenvalue weighted by atomic mass is 9.52. The van der Waals surface area contributed by atoms with Crippen molar-refractivity contribution in [1.29, 1.82) is 0 Å². The molecule has 24 saturated heterocycles. The molecule has 2 aliphatic carbocycles. The molecule has 4 aromatic carbocycles. The van der Waals surface area contributed by atoms with E-state index in [-0.39, 0.29) is 43.8 Å². The van der Waals surface area contributed by atoms with E-state index in [2.05, 4.69) is 0 Å². The van der Waals surface area contributed by atoms with Crippen LogP contribution in [0.15, 0.2) is 72.8 Å². The zero-order chi connectivity index (χ0) is 104. The standard InChI is InChI=1S/C88H94N16O24S16/c1-89-63(121)81(97(9)55(113)73(89,33-105)129-137-81)51(82-64(122)90(2)74(34-106,130-138-82)56(114)98(82)10)45-23-25-47-49-41(19-17-21-43(45)49)27-29-71(47,53(85-67(125)93(5)77(37-109,133-141-85)59(117)101(85)13)86-68(126)94(6)78(38-110,134-142-86)60(118)102(86)14)31-32-72(54(87-69(127)95(7)79(39-111,135-143-87)61(119)103(87)15)88-70(128)96(8)80(40-112,136-144-88)62(120)104(88)16)30-28-42-20-18-22-44-46(24-26-48(72)50(42)44)52(83-65(123)91(3)75(35-107,131-139-83)57(115)99(83)11)84-66(124)92(4)76(36-108,132-140-84)58(116)100(84)12/h17-30,51-54,105-112H,31-40H2,1-16H3. The molecule has 24 aliphatic heterocycles. The highest BCUT2D eigenvalue weighted by atomic mass is 33.1. The Morgan fingerprint density at radius 3 is 0.597 bits per heavy atom. The molecular weight excluding hydrogens is 2180 g/mol. The minimum Gasteiger partial charge on any atom is -0.392 e. The summed E-state index contributed by atoms with van der Waals surface area (Å²) in [4.78, 5) is 250. The molecule has 26 aliphatic rings. The summed E-state index contributed by atoms with van der Waals surface area (Å²) in [7, 11) is 34.6. The molecule has 18 unspecified atom stereocenters. The molecule has 8 N–H and O–H groups in total. The summed E-state index contributed by atoms with van der Waals surface area (Å²) in [5.41, 5.74) is -3.90. The summed E-state index contributed by atoms with van der Waals surface area (Å²) in [6.07, 6.45) is 5.47. The predicted octanol–water partition coefficient (Wildman–Crippen LogP) is 1.08. The van der Waals surface area contributed by atoms with Gasteiger partial charge in [-0.3, -0.25) is 76.7 Å². The van der Waals surface area contributed by atoms with Gasteiger partial charge in [-0.15, -0.1) is 0 Å². The Hall–Kier alpha value is -6.32. The van der Waals surface area contributed by atoms with Gasteiger partial charge in [0.25, 0.3) is 94.5 Å². The van der Waals surface area contributed by atoms with E-state index in [0.29, 0.717) is 11.1 Å². The summed E-state index contributed by atoms with van der Waals surface area (Å²) in [5.74, 6) is -21.4. The molecule has 0 radical (unpaired) electrons. The molecular formula is C88H94N16O24S16. The summed E-state index contributed by atoms with van der Waals surface area (Å²) in [5, 5.41) is 93.8. The van der Waals surface area contributed by atoms with Gasteiger partial charge in [-0.25, -0.2) is 0 Å². The number of carbonyl (C=O) groups excluding carboxylic acids is 16. The average Bonchev–Trinajstić information content (AvgIpc) is 0.629. The van der Waals surface area contributed by atoms with Crippen molar-refractivity contribution >= 4 is 301 Å². The van der Waals surface area contributed by atoms with Gasteiger partial charge in [0.2, 0.25) is 39.0 Å². The van der Waals surface area contributed by atoms with E-state index < -0.39 is 273 Å². The van der Waals surface area contributed by atoms with Gasteiger partial charge in [-0.05, 0) is 154 Å². The Morgan fingerprint density at radius 2 is 0.403 bits per heavy atom. The molecule has 4 aromatic rings. The van der Waals surface area contributed by atoms with Crippen molar-refractivity contribution in [3.63, 3.8) is 0 Å². The first-order valence-electron chi connectivity index (χ1n) is 44.8. The number of hydrogen-bond donors (Lipinski definition) is 8. The average molecular weight is 2270 g/mol. The van der Waals surface area contributed by atoms with E-state index in [1.807, 2.05) is 0 Å². The Balaban J connectivity index is 0.895. The van der Waals surface area contributed by atoms with E-state index in [4.69, 9.17) is 0 Å². The van der Waals surface area contributed by atoms with E-state index in [0.717, 1.165) is 232 Å². The normalized spacial score (nSPS) is 40.0. The van der Waals surface area contributed by atoms with Crippen LogP contribution in [0.25, 0.3) is 33.7 Å². The van der Waals surface area contributed by atoms with Crippen LogP contribution in [-0.4, -0.2) is 457 Å². The van der Waals surface area contributed by atoms with Crippen molar-refractivity contribution in [2.75, 3.05) is 166 Å². The van der Waals surface area contributed by atoms with Crippen molar-refractivity contribution < 1.29 is 118 Å². The van der Waals surface area contributed by atoms with E-state index in [1.54, 1.807) is 85.0 Å². The topological polar surface area (TPSA) is 487 Å². The fraction of sp³-hybridized carbons (Fsp3) is 0.545.